The molecular formula is C23H46N4O3. The summed E-state index contributed by atoms with van der Waals surface area (Å²) in [5.74, 6) is 1.75. The number of methoxy groups -OCH3 is 1. The Labute approximate surface area is 184 Å². The second-order valence-corrected chi connectivity index (χ2v) is 8.39. The van der Waals surface area contributed by atoms with Gasteiger partial charge in [-0.15, -0.1) is 0 Å². The Kier molecular flexibility index (Phi) is 12.7. The number of nitrogens with one attached hydrogen (secondary N) is 1. The Morgan fingerprint density at radius 2 is 1.77 bits per heavy atom. The van der Waals surface area contributed by atoms with Gasteiger partial charge < -0.3 is 24.4 Å². The van der Waals surface area contributed by atoms with Crippen molar-refractivity contribution in [1.29, 1.82) is 0 Å². The molecule has 2 saturated heterocycles. The quantitative estimate of drug-likeness (QED) is 0.294. The zero-order valence-corrected chi connectivity index (χ0v) is 19.9. The highest BCUT2D eigenvalue weighted by molar-refractivity contribution is 5.80. The average molecular weight is 427 g/mol. The highest BCUT2D eigenvalue weighted by atomic mass is 16.5. The summed E-state index contributed by atoms with van der Waals surface area (Å²) in [7, 11) is 1.74. The standard InChI is InChI=1S/C23H46N4O3/c1-5-20(6-2)22(26-13-17-29-18-14-26)19-25-23(24-7-3)27-11-9-21(10-12-27)30-16-8-15-28-4/h20-22H,5-19H2,1-4H3,(H,24,25). The van der Waals surface area contributed by atoms with Crippen molar-refractivity contribution in [2.75, 3.05) is 72.8 Å². The zero-order chi connectivity index (χ0) is 21.6. The van der Waals surface area contributed by atoms with Gasteiger partial charge in [-0.3, -0.25) is 9.89 Å². The van der Waals surface area contributed by atoms with Gasteiger partial charge in [-0.05, 0) is 32.1 Å². The Bertz CT molecular complexity index is 459. The van der Waals surface area contributed by atoms with Crippen molar-refractivity contribution in [1.82, 2.24) is 15.1 Å². The van der Waals surface area contributed by atoms with Gasteiger partial charge >= 0.3 is 0 Å². The van der Waals surface area contributed by atoms with Crippen LogP contribution in [0.1, 0.15) is 52.9 Å². The van der Waals surface area contributed by atoms with Crippen molar-refractivity contribution in [3.05, 3.63) is 0 Å². The number of morpholine rings is 1. The molecule has 0 bridgehead atoms. The number of hydrogen-bond acceptors (Lipinski definition) is 5. The summed E-state index contributed by atoms with van der Waals surface area (Å²) < 4.78 is 16.7. The van der Waals surface area contributed by atoms with E-state index in [1.165, 1.54) is 12.8 Å². The van der Waals surface area contributed by atoms with Crippen LogP contribution in [0.3, 0.4) is 0 Å². The minimum absolute atomic E-state index is 0.367. The summed E-state index contributed by atoms with van der Waals surface area (Å²) in [5, 5.41) is 3.54. The van der Waals surface area contributed by atoms with Crippen LogP contribution in [0, 0.1) is 5.92 Å². The number of nitrogens with zero attached hydrogens (tertiary/aromatic N) is 3. The predicted octanol–water partition coefficient (Wildman–Crippen LogP) is 2.61. The van der Waals surface area contributed by atoms with Gasteiger partial charge in [-0.1, -0.05) is 26.7 Å². The van der Waals surface area contributed by atoms with E-state index in [2.05, 4.69) is 35.9 Å². The SMILES string of the molecule is CCNC(=NCC(C(CC)CC)N1CCOCC1)N1CCC(OCCCOC)CC1. The summed E-state index contributed by atoms with van der Waals surface area (Å²) in [6.45, 7) is 15.9. The zero-order valence-electron chi connectivity index (χ0n) is 19.9. The average Bonchev–Trinajstić information content (AvgIpc) is 2.80. The largest absolute Gasteiger partial charge is 0.385 e. The first-order chi connectivity index (χ1) is 14.7. The number of rotatable bonds is 12. The lowest BCUT2D eigenvalue weighted by Gasteiger charge is -2.38. The molecule has 7 nitrogen and oxygen atoms in total. The molecule has 0 amide bonds. The molecule has 2 rings (SSSR count). The van der Waals surface area contributed by atoms with Crippen molar-refractivity contribution >= 4 is 5.96 Å². The number of guanidine groups is 1. The lowest BCUT2D eigenvalue weighted by atomic mass is 9.92. The van der Waals surface area contributed by atoms with E-state index >= 15 is 0 Å². The molecule has 1 unspecified atom stereocenters. The fourth-order valence-electron chi connectivity index (χ4n) is 4.60. The topological polar surface area (TPSA) is 58.6 Å². The molecule has 0 radical (unpaired) electrons. The minimum Gasteiger partial charge on any atom is -0.385 e. The third-order valence-corrected chi connectivity index (χ3v) is 6.46. The number of piperidine rings is 1. The number of likely N-dealkylation sites (tertiary alicyclic amines) is 1. The molecule has 2 aliphatic heterocycles. The molecule has 1 atom stereocenters. The van der Waals surface area contributed by atoms with Gasteiger partial charge in [0, 0.05) is 59.1 Å². The van der Waals surface area contributed by atoms with E-state index in [9.17, 15) is 0 Å². The monoisotopic (exact) mass is 426 g/mol. The van der Waals surface area contributed by atoms with Gasteiger partial charge in [-0.25, -0.2) is 0 Å². The number of ether oxygens (including phenoxy) is 3. The molecule has 2 aliphatic rings. The van der Waals surface area contributed by atoms with Gasteiger partial charge in [-0.2, -0.15) is 0 Å². The van der Waals surface area contributed by atoms with E-state index in [0.717, 1.165) is 90.9 Å². The van der Waals surface area contributed by atoms with E-state index < -0.39 is 0 Å². The van der Waals surface area contributed by atoms with Gasteiger partial charge in [0.25, 0.3) is 0 Å². The molecule has 1 N–H and O–H groups in total. The summed E-state index contributed by atoms with van der Waals surface area (Å²) in [6.07, 6.45) is 5.88. The van der Waals surface area contributed by atoms with Crippen LogP contribution in [0.2, 0.25) is 0 Å². The van der Waals surface area contributed by atoms with E-state index in [4.69, 9.17) is 19.2 Å². The maximum Gasteiger partial charge on any atom is 0.193 e. The third-order valence-electron chi connectivity index (χ3n) is 6.46. The molecular weight excluding hydrogens is 380 g/mol. The van der Waals surface area contributed by atoms with Gasteiger partial charge in [0.1, 0.15) is 0 Å². The number of aliphatic imine (C=N–C) groups is 1. The van der Waals surface area contributed by atoms with Crippen LogP contribution in [-0.2, 0) is 14.2 Å². The molecule has 2 fully saturated rings. The van der Waals surface area contributed by atoms with E-state index in [1.54, 1.807) is 7.11 Å². The highest BCUT2D eigenvalue weighted by Gasteiger charge is 2.28. The van der Waals surface area contributed by atoms with Crippen LogP contribution in [0.25, 0.3) is 0 Å². The molecule has 0 aromatic rings. The maximum absolute atomic E-state index is 6.03. The highest BCUT2D eigenvalue weighted by Crippen LogP contribution is 2.21. The molecule has 0 aromatic heterocycles. The van der Waals surface area contributed by atoms with Crippen molar-refractivity contribution in [3.63, 3.8) is 0 Å². The van der Waals surface area contributed by atoms with Crippen LogP contribution in [0.5, 0.6) is 0 Å². The van der Waals surface area contributed by atoms with Gasteiger partial charge in [0.15, 0.2) is 5.96 Å². The normalized spacial score (nSPS) is 20.7. The second-order valence-electron chi connectivity index (χ2n) is 8.39. The molecule has 0 aliphatic carbocycles. The second kappa shape index (κ2) is 15.0. The van der Waals surface area contributed by atoms with E-state index in [0.29, 0.717) is 18.1 Å². The lowest BCUT2D eigenvalue weighted by molar-refractivity contribution is 0.00356. The minimum atomic E-state index is 0.367. The summed E-state index contributed by atoms with van der Waals surface area (Å²) in [5.41, 5.74) is 0. The molecule has 0 saturated carbocycles. The number of hydrogen-bond donors (Lipinski definition) is 1. The van der Waals surface area contributed by atoms with Gasteiger partial charge in [0.05, 0.1) is 25.9 Å². The summed E-state index contributed by atoms with van der Waals surface area (Å²) in [4.78, 5) is 10.2. The smallest absolute Gasteiger partial charge is 0.193 e. The fourth-order valence-corrected chi connectivity index (χ4v) is 4.60. The Hall–Kier alpha value is -0.890. The van der Waals surface area contributed by atoms with Crippen molar-refractivity contribution < 1.29 is 14.2 Å². The molecule has 0 spiro atoms. The van der Waals surface area contributed by atoms with Crippen LogP contribution in [0.4, 0.5) is 0 Å². The van der Waals surface area contributed by atoms with Crippen molar-refractivity contribution in [3.8, 4) is 0 Å². The van der Waals surface area contributed by atoms with Crippen LogP contribution >= 0.6 is 0 Å². The molecule has 0 aromatic carbocycles. The Morgan fingerprint density at radius 1 is 1.07 bits per heavy atom. The molecule has 176 valence electrons. The Morgan fingerprint density at radius 3 is 2.37 bits per heavy atom. The lowest BCUT2D eigenvalue weighted by Crippen LogP contribution is -2.50. The predicted molar refractivity (Wildman–Crippen MR) is 123 cm³/mol. The molecule has 2 heterocycles. The maximum atomic E-state index is 6.03. The first-order valence-electron chi connectivity index (χ1n) is 12.2. The van der Waals surface area contributed by atoms with Crippen LogP contribution < -0.4 is 5.32 Å². The third kappa shape index (κ3) is 8.33. The molecule has 7 heteroatoms. The molecule has 30 heavy (non-hydrogen) atoms. The fraction of sp³-hybridized carbons (Fsp3) is 0.957. The Balaban J connectivity index is 1.93. The van der Waals surface area contributed by atoms with Crippen LogP contribution in [-0.4, -0.2) is 101 Å². The van der Waals surface area contributed by atoms with Gasteiger partial charge in [0.2, 0.25) is 0 Å². The van der Waals surface area contributed by atoms with Crippen molar-refractivity contribution in [2.45, 2.75) is 65.0 Å². The van der Waals surface area contributed by atoms with Crippen molar-refractivity contribution in [2.24, 2.45) is 10.9 Å². The van der Waals surface area contributed by atoms with Crippen LogP contribution in [0.15, 0.2) is 4.99 Å². The first-order valence-corrected chi connectivity index (χ1v) is 12.2. The summed E-state index contributed by atoms with van der Waals surface area (Å²) >= 11 is 0. The first kappa shape index (κ1) is 25.4. The van der Waals surface area contributed by atoms with E-state index in [-0.39, 0.29) is 0 Å². The van der Waals surface area contributed by atoms with E-state index in [1.807, 2.05) is 0 Å². The summed E-state index contributed by atoms with van der Waals surface area (Å²) in [6, 6.07) is 0.499.